The summed E-state index contributed by atoms with van der Waals surface area (Å²) in [7, 11) is 3.62. The van der Waals surface area contributed by atoms with Gasteiger partial charge in [-0.2, -0.15) is 0 Å². The third-order valence-corrected chi connectivity index (χ3v) is 5.81. The first-order chi connectivity index (χ1) is 14.3. The lowest BCUT2D eigenvalue weighted by Gasteiger charge is -2.35. The van der Waals surface area contributed by atoms with E-state index in [1.165, 1.54) is 36.0 Å². The van der Waals surface area contributed by atoms with Crippen LogP contribution in [0.25, 0.3) is 11.1 Å². The number of nitrogens with one attached hydrogen (secondary N) is 1. The van der Waals surface area contributed by atoms with Crippen LogP contribution >= 0.6 is 0 Å². The quantitative estimate of drug-likeness (QED) is 0.617. The van der Waals surface area contributed by atoms with E-state index in [2.05, 4.69) is 69.8 Å². The topological polar surface area (TPSA) is 37.4 Å². The van der Waals surface area contributed by atoms with Gasteiger partial charge in [-0.25, -0.2) is 0 Å². The van der Waals surface area contributed by atoms with Gasteiger partial charge in [0.1, 0.15) is 5.75 Å². The summed E-state index contributed by atoms with van der Waals surface area (Å²) in [6.45, 7) is 2.30. The molecule has 4 nitrogen and oxygen atoms in total. The molecule has 1 saturated heterocycles. The van der Waals surface area contributed by atoms with Crippen molar-refractivity contribution in [2.24, 2.45) is 0 Å². The van der Waals surface area contributed by atoms with E-state index < -0.39 is 0 Å². The summed E-state index contributed by atoms with van der Waals surface area (Å²) in [6.07, 6.45) is 7.68. The molecule has 4 heteroatoms. The van der Waals surface area contributed by atoms with Crippen LogP contribution in [-0.4, -0.2) is 37.1 Å². The molecule has 0 radical (unpaired) electrons. The van der Waals surface area contributed by atoms with E-state index in [9.17, 15) is 0 Å². The van der Waals surface area contributed by atoms with E-state index in [0.29, 0.717) is 0 Å². The predicted octanol–water partition coefficient (Wildman–Crippen LogP) is 5.37. The second-order valence-electron chi connectivity index (χ2n) is 7.57. The Kier molecular flexibility index (Phi) is 6.11. The number of aromatic nitrogens is 1. The lowest BCUT2D eigenvalue weighted by atomic mass is 9.94. The molecule has 150 valence electrons. The van der Waals surface area contributed by atoms with Crippen LogP contribution in [0, 0.1) is 0 Å². The Bertz CT molecular complexity index is 919. The minimum absolute atomic E-state index is 0.286. The summed E-state index contributed by atoms with van der Waals surface area (Å²) < 4.78 is 5.52. The Morgan fingerprint density at radius 1 is 0.862 bits per heavy atom. The molecular formula is C25H29N3O. The van der Waals surface area contributed by atoms with Gasteiger partial charge >= 0.3 is 0 Å². The molecule has 2 heterocycles. The van der Waals surface area contributed by atoms with E-state index in [1.54, 1.807) is 7.11 Å². The molecule has 0 saturated carbocycles. The monoisotopic (exact) mass is 387 g/mol. The van der Waals surface area contributed by atoms with Crippen LogP contribution in [-0.2, 0) is 0 Å². The molecule has 4 rings (SSSR count). The van der Waals surface area contributed by atoms with Crippen molar-refractivity contribution in [3.05, 3.63) is 78.1 Å². The number of pyridine rings is 1. The maximum Gasteiger partial charge on any atom is 0.142 e. The molecule has 29 heavy (non-hydrogen) atoms. The van der Waals surface area contributed by atoms with Gasteiger partial charge in [0.15, 0.2) is 0 Å². The number of piperidine rings is 1. The van der Waals surface area contributed by atoms with E-state index in [4.69, 9.17) is 4.74 Å². The molecule has 0 amide bonds. The van der Waals surface area contributed by atoms with Crippen molar-refractivity contribution in [1.29, 1.82) is 0 Å². The molecule has 1 fully saturated rings. The third-order valence-electron chi connectivity index (χ3n) is 5.81. The second-order valence-corrected chi connectivity index (χ2v) is 7.57. The molecule has 3 aromatic rings. The van der Waals surface area contributed by atoms with Crippen LogP contribution in [0.2, 0.25) is 0 Å². The number of anilines is 1. The molecule has 1 aromatic heterocycles. The highest BCUT2D eigenvalue weighted by Crippen LogP contribution is 2.34. The number of hydrogen-bond donors (Lipinski definition) is 1. The number of rotatable bonds is 6. The summed E-state index contributed by atoms with van der Waals surface area (Å²) in [5.74, 6) is 0.858. The minimum atomic E-state index is 0.286. The zero-order chi connectivity index (χ0) is 20.1. The van der Waals surface area contributed by atoms with Gasteiger partial charge in [-0.1, -0.05) is 36.8 Å². The van der Waals surface area contributed by atoms with Crippen molar-refractivity contribution in [2.45, 2.75) is 25.3 Å². The van der Waals surface area contributed by atoms with Crippen LogP contribution in [0.3, 0.4) is 0 Å². The highest BCUT2D eigenvalue weighted by Gasteiger charge is 2.24. The number of methoxy groups -OCH3 is 1. The minimum Gasteiger partial charge on any atom is -0.495 e. The summed E-state index contributed by atoms with van der Waals surface area (Å²) in [5, 5.41) is 3.17. The molecule has 1 aliphatic rings. The Hall–Kier alpha value is -2.85. The fourth-order valence-electron chi connectivity index (χ4n) is 4.27. The molecule has 1 N–H and O–H groups in total. The summed E-state index contributed by atoms with van der Waals surface area (Å²) in [4.78, 5) is 6.82. The zero-order valence-electron chi connectivity index (χ0n) is 17.3. The van der Waals surface area contributed by atoms with Crippen molar-refractivity contribution in [2.75, 3.05) is 32.6 Å². The van der Waals surface area contributed by atoms with Gasteiger partial charge in [-0.05, 0) is 72.5 Å². The Balaban J connectivity index is 1.65. The highest BCUT2D eigenvalue weighted by molar-refractivity contribution is 5.71. The Labute approximate surface area is 173 Å². The van der Waals surface area contributed by atoms with E-state index in [1.807, 2.05) is 19.4 Å². The van der Waals surface area contributed by atoms with Crippen molar-refractivity contribution in [1.82, 2.24) is 9.88 Å². The largest absolute Gasteiger partial charge is 0.495 e. The van der Waals surface area contributed by atoms with Crippen LogP contribution in [0.15, 0.2) is 67.0 Å². The molecule has 1 unspecified atom stereocenters. The number of benzene rings is 2. The zero-order valence-corrected chi connectivity index (χ0v) is 17.3. The maximum absolute atomic E-state index is 5.52. The number of hydrogen-bond acceptors (Lipinski definition) is 4. The average Bonchev–Trinajstić information content (AvgIpc) is 2.81. The normalized spacial score (nSPS) is 15.7. The molecule has 0 spiro atoms. The van der Waals surface area contributed by atoms with Gasteiger partial charge in [-0.15, -0.1) is 0 Å². The van der Waals surface area contributed by atoms with Crippen molar-refractivity contribution in [3.63, 3.8) is 0 Å². The van der Waals surface area contributed by atoms with Gasteiger partial charge in [0, 0.05) is 19.4 Å². The molecule has 2 aromatic carbocycles. The van der Waals surface area contributed by atoms with E-state index in [0.717, 1.165) is 30.1 Å². The van der Waals surface area contributed by atoms with Gasteiger partial charge in [0.2, 0.25) is 0 Å². The van der Waals surface area contributed by atoms with Crippen LogP contribution in [0.1, 0.15) is 36.4 Å². The van der Waals surface area contributed by atoms with Gasteiger partial charge in [-0.3, -0.25) is 9.88 Å². The van der Waals surface area contributed by atoms with Crippen molar-refractivity contribution < 1.29 is 4.74 Å². The summed E-state index contributed by atoms with van der Waals surface area (Å²) >= 11 is 0. The first-order valence-electron chi connectivity index (χ1n) is 10.4. The van der Waals surface area contributed by atoms with Crippen molar-refractivity contribution >= 4 is 5.69 Å². The van der Waals surface area contributed by atoms with E-state index >= 15 is 0 Å². The summed E-state index contributed by atoms with van der Waals surface area (Å²) in [5.41, 5.74) is 6.00. The fraction of sp³-hybridized carbons (Fsp3) is 0.320. The fourth-order valence-corrected chi connectivity index (χ4v) is 4.27. The van der Waals surface area contributed by atoms with Crippen molar-refractivity contribution in [3.8, 4) is 16.9 Å². The molecule has 0 bridgehead atoms. The number of likely N-dealkylation sites (tertiary alicyclic amines) is 1. The highest BCUT2D eigenvalue weighted by atomic mass is 16.5. The molecular weight excluding hydrogens is 358 g/mol. The first kappa shape index (κ1) is 19.5. The average molecular weight is 388 g/mol. The number of nitrogens with zero attached hydrogens (tertiary/aromatic N) is 2. The van der Waals surface area contributed by atoms with Gasteiger partial charge in [0.25, 0.3) is 0 Å². The third kappa shape index (κ3) is 4.28. The van der Waals surface area contributed by atoms with Crippen LogP contribution < -0.4 is 10.1 Å². The second kappa shape index (κ2) is 9.10. The standard InChI is InChI=1S/C25H29N3O/c1-26-23-11-10-22(18-24(23)29-2)19-6-8-20(9-7-19)25(21-12-14-27-15-13-21)28-16-4-3-5-17-28/h6-15,18,25-26H,3-5,16-17H2,1-2H3. The smallest absolute Gasteiger partial charge is 0.142 e. The summed E-state index contributed by atoms with van der Waals surface area (Å²) in [6, 6.07) is 19.9. The molecule has 1 aliphatic heterocycles. The lowest BCUT2D eigenvalue weighted by molar-refractivity contribution is 0.187. The molecule has 1 atom stereocenters. The molecule has 0 aliphatic carbocycles. The van der Waals surface area contributed by atoms with Crippen LogP contribution in [0.4, 0.5) is 5.69 Å². The van der Waals surface area contributed by atoms with Gasteiger partial charge in [0.05, 0.1) is 18.8 Å². The number of ether oxygens (including phenoxy) is 1. The van der Waals surface area contributed by atoms with E-state index in [-0.39, 0.29) is 6.04 Å². The predicted molar refractivity (Wildman–Crippen MR) is 119 cm³/mol. The maximum atomic E-state index is 5.52. The SMILES string of the molecule is CNc1ccc(-c2ccc(C(c3ccncc3)N3CCCCC3)cc2)cc1OC. The Morgan fingerprint density at radius 2 is 1.52 bits per heavy atom. The lowest BCUT2D eigenvalue weighted by Crippen LogP contribution is -2.34. The Morgan fingerprint density at radius 3 is 2.17 bits per heavy atom. The van der Waals surface area contributed by atoms with Gasteiger partial charge < -0.3 is 10.1 Å². The first-order valence-corrected chi connectivity index (χ1v) is 10.4. The van der Waals surface area contributed by atoms with Crippen LogP contribution in [0.5, 0.6) is 5.75 Å².